The van der Waals surface area contributed by atoms with Crippen molar-refractivity contribution in [3.63, 3.8) is 0 Å². The minimum absolute atomic E-state index is 0.0218. The van der Waals surface area contributed by atoms with Gasteiger partial charge in [0.05, 0.1) is 24.8 Å². The van der Waals surface area contributed by atoms with Crippen LogP contribution in [0.3, 0.4) is 0 Å². The fourth-order valence-electron chi connectivity index (χ4n) is 5.93. The van der Waals surface area contributed by atoms with Crippen molar-refractivity contribution in [2.75, 3.05) is 25.1 Å². The van der Waals surface area contributed by atoms with Gasteiger partial charge in [-0.25, -0.2) is 8.42 Å². The lowest BCUT2D eigenvalue weighted by atomic mass is 10.0. The highest BCUT2D eigenvalue weighted by Crippen LogP contribution is 2.33. The fourth-order valence-corrected chi connectivity index (χ4v) is 7.35. The van der Waals surface area contributed by atoms with E-state index >= 15 is 0 Å². The second-order valence-electron chi connectivity index (χ2n) is 11.6. The number of amides is 2. The number of para-hydroxylation sites is 2. The first-order valence-corrected chi connectivity index (χ1v) is 17.2. The van der Waals surface area contributed by atoms with Crippen molar-refractivity contribution >= 4 is 27.5 Å². The molecule has 0 aliphatic heterocycles. The Balaban J connectivity index is 1.57. The Morgan fingerprint density at radius 1 is 0.787 bits per heavy atom. The maximum absolute atomic E-state index is 14.7. The average molecular weight is 656 g/mol. The van der Waals surface area contributed by atoms with Crippen LogP contribution in [-0.4, -0.2) is 58.0 Å². The molecule has 1 atom stereocenters. The van der Waals surface area contributed by atoms with Crippen molar-refractivity contribution in [1.29, 1.82) is 0 Å². The lowest BCUT2D eigenvalue weighted by Crippen LogP contribution is -2.54. The molecule has 1 aliphatic carbocycles. The number of methoxy groups -OCH3 is 2. The first kappa shape index (κ1) is 33.5. The van der Waals surface area contributed by atoms with Crippen molar-refractivity contribution in [1.82, 2.24) is 10.2 Å². The highest BCUT2D eigenvalue weighted by Gasteiger charge is 2.36. The summed E-state index contributed by atoms with van der Waals surface area (Å²) in [7, 11) is -1.34. The molecule has 1 fully saturated rings. The van der Waals surface area contributed by atoms with Crippen molar-refractivity contribution in [2.45, 2.75) is 55.6 Å². The summed E-state index contributed by atoms with van der Waals surface area (Å²) >= 11 is 0. The summed E-state index contributed by atoms with van der Waals surface area (Å²) in [5.74, 6) is -0.00650. The van der Waals surface area contributed by atoms with E-state index in [1.165, 1.54) is 31.3 Å². The molecule has 1 N–H and O–H groups in total. The van der Waals surface area contributed by atoms with Crippen LogP contribution in [0, 0.1) is 0 Å². The average Bonchev–Trinajstić information content (AvgIpc) is 3.62. The Bertz CT molecular complexity index is 1730. The number of carbonyl (C=O) groups is 2. The fraction of sp³-hybridized carbons (Fsp3) is 0.297. The normalized spacial score (nSPS) is 13.8. The lowest BCUT2D eigenvalue weighted by Gasteiger charge is -2.34. The van der Waals surface area contributed by atoms with Gasteiger partial charge in [0.15, 0.2) is 0 Å². The van der Waals surface area contributed by atoms with Crippen LogP contribution in [0.25, 0.3) is 0 Å². The van der Waals surface area contributed by atoms with Gasteiger partial charge in [-0.15, -0.1) is 0 Å². The zero-order chi connectivity index (χ0) is 33.2. The van der Waals surface area contributed by atoms with Gasteiger partial charge in [-0.3, -0.25) is 13.9 Å². The van der Waals surface area contributed by atoms with Gasteiger partial charge in [-0.05, 0) is 60.4 Å². The third-order valence-corrected chi connectivity index (χ3v) is 10.2. The Kier molecular flexibility index (Phi) is 11.2. The number of carbonyl (C=O) groups excluding carboxylic acids is 2. The summed E-state index contributed by atoms with van der Waals surface area (Å²) in [6.07, 6.45) is 4.12. The first-order chi connectivity index (χ1) is 22.8. The number of sulfonamides is 1. The molecule has 1 aliphatic rings. The van der Waals surface area contributed by atoms with Gasteiger partial charge in [0.25, 0.3) is 10.0 Å². The minimum Gasteiger partial charge on any atom is -0.497 e. The summed E-state index contributed by atoms with van der Waals surface area (Å²) in [6.45, 7) is -0.457. The second kappa shape index (κ2) is 15.6. The summed E-state index contributed by atoms with van der Waals surface area (Å²) < 4.78 is 40.5. The van der Waals surface area contributed by atoms with Gasteiger partial charge in [0.2, 0.25) is 11.8 Å². The molecule has 0 saturated heterocycles. The van der Waals surface area contributed by atoms with Crippen molar-refractivity contribution < 1.29 is 27.5 Å². The van der Waals surface area contributed by atoms with E-state index in [0.717, 1.165) is 41.1 Å². The molecule has 1 saturated carbocycles. The van der Waals surface area contributed by atoms with E-state index in [2.05, 4.69) is 5.32 Å². The van der Waals surface area contributed by atoms with Gasteiger partial charge in [-0.2, -0.15) is 0 Å². The molecule has 0 spiro atoms. The quantitative estimate of drug-likeness (QED) is 0.190. The van der Waals surface area contributed by atoms with Gasteiger partial charge in [-0.1, -0.05) is 85.6 Å². The number of rotatable bonds is 14. The molecule has 0 bridgehead atoms. The van der Waals surface area contributed by atoms with E-state index in [-0.39, 0.29) is 41.2 Å². The number of hydrogen-bond acceptors (Lipinski definition) is 6. The number of benzene rings is 4. The number of hydrogen-bond donors (Lipinski definition) is 1. The molecule has 0 radical (unpaired) electrons. The predicted molar refractivity (Wildman–Crippen MR) is 182 cm³/mol. The Labute approximate surface area is 277 Å². The predicted octanol–water partition coefficient (Wildman–Crippen LogP) is 5.60. The zero-order valence-electron chi connectivity index (χ0n) is 26.7. The van der Waals surface area contributed by atoms with Gasteiger partial charge >= 0.3 is 0 Å². The third kappa shape index (κ3) is 8.31. The molecule has 2 amide bonds. The molecule has 246 valence electrons. The van der Waals surface area contributed by atoms with E-state index in [1.807, 2.05) is 60.7 Å². The molecule has 4 aromatic rings. The van der Waals surface area contributed by atoms with E-state index < -0.39 is 28.5 Å². The number of anilines is 1. The molecule has 10 heteroatoms. The number of nitrogens with zero attached hydrogens (tertiary/aromatic N) is 2. The standard InChI is InChI=1S/C37H41N3O6S/c1-45-31-21-23-32(24-22-31)47(43,44)40(33-19-11-12-20-35(33)46-2)27-36(41)39(26-29-15-7-4-8-16-29)34(25-28-13-5-3-6-14-28)37(42)38-30-17-9-10-18-30/h3-8,11-16,19-24,30,34H,9-10,17-18,25-27H2,1-2H3,(H,38,42)/t34-/m0/s1. The molecule has 9 nitrogen and oxygen atoms in total. The van der Waals surface area contributed by atoms with Gasteiger partial charge < -0.3 is 19.7 Å². The van der Waals surface area contributed by atoms with E-state index in [4.69, 9.17) is 9.47 Å². The SMILES string of the molecule is COc1ccc(S(=O)(=O)N(CC(=O)N(Cc2ccccc2)[C@@H](Cc2ccccc2)C(=O)NC2CCCC2)c2ccccc2OC)cc1. The molecule has 4 aromatic carbocycles. The highest BCUT2D eigenvalue weighted by atomic mass is 32.2. The summed E-state index contributed by atoms with van der Waals surface area (Å²) in [6, 6.07) is 30.8. The van der Waals surface area contributed by atoms with Crippen LogP contribution in [0.5, 0.6) is 11.5 Å². The van der Waals surface area contributed by atoms with Gasteiger partial charge in [0, 0.05) is 19.0 Å². The van der Waals surface area contributed by atoms with Crippen LogP contribution in [0.15, 0.2) is 114 Å². The molecule has 0 aromatic heterocycles. The third-order valence-electron chi connectivity index (χ3n) is 8.45. The van der Waals surface area contributed by atoms with Crippen LogP contribution < -0.4 is 19.1 Å². The van der Waals surface area contributed by atoms with Crippen LogP contribution in [0.1, 0.15) is 36.8 Å². The maximum Gasteiger partial charge on any atom is 0.264 e. The smallest absolute Gasteiger partial charge is 0.264 e. The van der Waals surface area contributed by atoms with E-state index in [1.54, 1.807) is 36.4 Å². The topological polar surface area (TPSA) is 105 Å². The van der Waals surface area contributed by atoms with Crippen LogP contribution in [0.4, 0.5) is 5.69 Å². The highest BCUT2D eigenvalue weighted by molar-refractivity contribution is 7.92. The largest absolute Gasteiger partial charge is 0.497 e. The molecule has 5 rings (SSSR count). The lowest BCUT2D eigenvalue weighted by molar-refractivity contribution is -0.140. The van der Waals surface area contributed by atoms with E-state index in [9.17, 15) is 18.0 Å². The molecule has 0 heterocycles. The first-order valence-electron chi connectivity index (χ1n) is 15.8. The Morgan fingerprint density at radius 3 is 2.00 bits per heavy atom. The maximum atomic E-state index is 14.7. The molecular formula is C37H41N3O6S. The number of nitrogens with one attached hydrogen (secondary N) is 1. The van der Waals surface area contributed by atoms with Crippen LogP contribution in [0.2, 0.25) is 0 Å². The zero-order valence-corrected chi connectivity index (χ0v) is 27.6. The summed E-state index contributed by atoms with van der Waals surface area (Å²) in [5, 5.41) is 3.19. The van der Waals surface area contributed by atoms with Gasteiger partial charge in [0.1, 0.15) is 24.1 Å². The summed E-state index contributed by atoms with van der Waals surface area (Å²) in [5.41, 5.74) is 1.90. The van der Waals surface area contributed by atoms with Crippen molar-refractivity contribution in [2.24, 2.45) is 0 Å². The summed E-state index contributed by atoms with van der Waals surface area (Å²) in [4.78, 5) is 30.3. The minimum atomic E-state index is -4.29. The molecule has 47 heavy (non-hydrogen) atoms. The number of ether oxygens (including phenoxy) is 2. The van der Waals surface area contributed by atoms with Crippen molar-refractivity contribution in [3.8, 4) is 11.5 Å². The molecular weight excluding hydrogens is 614 g/mol. The van der Waals surface area contributed by atoms with Crippen LogP contribution >= 0.6 is 0 Å². The monoisotopic (exact) mass is 655 g/mol. The molecule has 0 unspecified atom stereocenters. The van der Waals surface area contributed by atoms with Crippen molar-refractivity contribution in [3.05, 3.63) is 120 Å². The Hall–Kier alpha value is -4.83. The second-order valence-corrected chi connectivity index (χ2v) is 13.4. The Morgan fingerprint density at radius 2 is 1.38 bits per heavy atom. The van der Waals surface area contributed by atoms with Crippen LogP contribution in [-0.2, 0) is 32.6 Å². The van der Waals surface area contributed by atoms with E-state index in [0.29, 0.717) is 5.75 Å².